The normalized spacial score (nSPS) is 15.1. The summed E-state index contributed by atoms with van der Waals surface area (Å²) in [5.74, 6) is 0.667. The van der Waals surface area contributed by atoms with Gasteiger partial charge in [-0.2, -0.15) is 0 Å². The molecule has 0 aliphatic carbocycles. The van der Waals surface area contributed by atoms with Crippen LogP contribution in [0.2, 0.25) is 0 Å². The molecule has 1 aliphatic heterocycles. The highest BCUT2D eigenvalue weighted by Gasteiger charge is 2.28. The first kappa shape index (κ1) is 46.2. The van der Waals surface area contributed by atoms with E-state index in [0.29, 0.717) is 38.5 Å². The van der Waals surface area contributed by atoms with E-state index in [2.05, 4.69) is 20.8 Å². The molecule has 1 rings (SSSR count). The monoisotopic (exact) mass is 708 g/mol. The van der Waals surface area contributed by atoms with Crippen LogP contribution in [0.25, 0.3) is 0 Å². The van der Waals surface area contributed by atoms with Gasteiger partial charge in [0, 0.05) is 25.9 Å². The number of nitrogens with zero attached hydrogens (tertiary/aromatic N) is 1. The molecule has 1 heterocycles. The summed E-state index contributed by atoms with van der Waals surface area (Å²) in [5, 5.41) is 0. The molecule has 1 fully saturated rings. The van der Waals surface area contributed by atoms with Crippen molar-refractivity contribution >= 4 is 18.0 Å². The van der Waals surface area contributed by atoms with Crippen molar-refractivity contribution in [2.45, 2.75) is 227 Å². The summed E-state index contributed by atoms with van der Waals surface area (Å²) in [5.41, 5.74) is -0.497. The molecule has 0 saturated carbocycles. The lowest BCUT2D eigenvalue weighted by atomic mass is 9.92. The number of rotatable bonds is 30. The smallest absolute Gasteiger partial charge is 0.410 e. The Morgan fingerprint density at radius 1 is 0.620 bits per heavy atom. The molecule has 0 aromatic rings. The third kappa shape index (κ3) is 26.1. The van der Waals surface area contributed by atoms with Crippen LogP contribution in [0.15, 0.2) is 0 Å². The fraction of sp³-hybridized carbons (Fsp3) is 0.930. The zero-order valence-electron chi connectivity index (χ0n) is 33.8. The molecule has 0 aromatic heterocycles. The van der Waals surface area contributed by atoms with E-state index >= 15 is 0 Å². The predicted molar refractivity (Wildman–Crippen MR) is 207 cm³/mol. The topological polar surface area (TPSA) is 82.1 Å². The highest BCUT2D eigenvalue weighted by Crippen LogP contribution is 2.25. The molecule has 1 amide bonds. The van der Waals surface area contributed by atoms with Gasteiger partial charge >= 0.3 is 18.0 Å². The predicted octanol–water partition coefficient (Wildman–Crippen LogP) is 12.5. The third-order valence-electron chi connectivity index (χ3n) is 10.2. The summed E-state index contributed by atoms with van der Waals surface area (Å²) >= 11 is 0. The molecule has 0 aromatic carbocycles. The SMILES string of the molecule is CCCCCCCCCC(CCCCCCCCOC(=O)CC(CCCC)CCCCCC)OC(=O)CC1CCN(C(=O)OC(C)(C)C)CC1. The summed E-state index contributed by atoms with van der Waals surface area (Å²) in [4.78, 5) is 39.7. The number of unbranched alkanes of at least 4 members (excludes halogenated alkanes) is 15. The minimum atomic E-state index is -0.497. The van der Waals surface area contributed by atoms with Crippen LogP contribution < -0.4 is 0 Å². The van der Waals surface area contributed by atoms with Crippen LogP contribution in [0.4, 0.5) is 4.79 Å². The van der Waals surface area contributed by atoms with Crippen molar-refractivity contribution in [2.75, 3.05) is 19.7 Å². The Balaban J connectivity index is 2.34. The van der Waals surface area contributed by atoms with Crippen LogP contribution in [-0.2, 0) is 23.8 Å². The van der Waals surface area contributed by atoms with Crippen molar-refractivity contribution in [2.24, 2.45) is 11.8 Å². The molecule has 0 bridgehead atoms. The molecule has 2 atom stereocenters. The number of carbonyl (C=O) groups is 3. The maximum absolute atomic E-state index is 13.0. The molecule has 0 spiro atoms. The van der Waals surface area contributed by atoms with Gasteiger partial charge in [0.25, 0.3) is 0 Å². The zero-order chi connectivity index (χ0) is 36.9. The first-order chi connectivity index (χ1) is 24.1. The van der Waals surface area contributed by atoms with Gasteiger partial charge in [-0.25, -0.2) is 4.79 Å². The molecule has 7 nitrogen and oxygen atoms in total. The van der Waals surface area contributed by atoms with Crippen LogP contribution in [0.5, 0.6) is 0 Å². The van der Waals surface area contributed by atoms with Crippen molar-refractivity contribution in [1.29, 1.82) is 0 Å². The molecule has 50 heavy (non-hydrogen) atoms. The summed E-state index contributed by atoms with van der Waals surface area (Å²) in [6.45, 7) is 14.2. The molecular weight excluding hydrogens is 626 g/mol. The number of hydrogen-bond donors (Lipinski definition) is 0. The van der Waals surface area contributed by atoms with Gasteiger partial charge in [0.05, 0.1) is 6.61 Å². The fourth-order valence-corrected chi connectivity index (χ4v) is 7.07. The molecule has 0 N–H and O–H groups in total. The van der Waals surface area contributed by atoms with Gasteiger partial charge in [-0.05, 0) is 90.4 Å². The highest BCUT2D eigenvalue weighted by molar-refractivity contribution is 5.70. The Labute approximate surface area is 309 Å². The summed E-state index contributed by atoms with van der Waals surface area (Å²) in [7, 11) is 0. The molecule has 1 aliphatic rings. The number of amides is 1. The average Bonchev–Trinajstić information content (AvgIpc) is 3.07. The molecule has 2 unspecified atom stereocenters. The number of esters is 2. The minimum absolute atomic E-state index is 0.00518. The van der Waals surface area contributed by atoms with Crippen LogP contribution in [0, 0.1) is 11.8 Å². The van der Waals surface area contributed by atoms with E-state index in [-0.39, 0.29) is 30.1 Å². The number of carbonyl (C=O) groups excluding carboxylic acids is 3. The van der Waals surface area contributed by atoms with E-state index in [0.717, 1.165) is 77.0 Å². The van der Waals surface area contributed by atoms with Gasteiger partial charge in [-0.15, -0.1) is 0 Å². The van der Waals surface area contributed by atoms with Crippen molar-refractivity contribution in [3.63, 3.8) is 0 Å². The maximum atomic E-state index is 13.0. The molecular formula is C43H81NO6. The van der Waals surface area contributed by atoms with E-state index in [4.69, 9.17) is 14.2 Å². The lowest BCUT2D eigenvalue weighted by Crippen LogP contribution is -2.42. The largest absolute Gasteiger partial charge is 0.466 e. The summed E-state index contributed by atoms with van der Waals surface area (Å²) < 4.78 is 17.3. The summed E-state index contributed by atoms with van der Waals surface area (Å²) in [6.07, 6.45) is 29.4. The van der Waals surface area contributed by atoms with E-state index in [9.17, 15) is 14.4 Å². The number of likely N-dealkylation sites (tertiary alicyclic amines) is 1. The number of piperidine rings is 1. The number of hydrogen-bond acceptors (Lipinski definition) is 6. The maximum Gasteiger partial charge on any atom is 0.410 e. The zero-order valence-corrected chi connectivity index (χ0v) is 33.8. The van der Waals surface area contributed by atoms with Crippen LogP contribution in [0.3, 0.4) is 0 Å². The first-order valence-electron chi connectivity index (χ1n) is 21.4. The third-order valence-corrected chi connectivity index (χ3v) is 10.2. The number of ether oxygens (including phenoxy) is 3. The Hall–Kier alpha value is -1.79. The molecule has 1 saturated heterocycles. The van der Waals surface area contributed by atoms with Gasteiger partial charge in [0.1, 0.15) is 11.7 Å². The van der Waals surface area contributed by atoms with Gasteiger partial charge in [-0.1, -0.05) is 124 Å². The Bertz CT molecular complexity index is 847. The lowest BCUT2D eigenvalue weighted by Gasteiger charge is -2.33. The van der Waals surface area contributed by atoms with E-state index < -0.39 is 5.60 Å². The van der Waals surface area contributed by atoms with Crippen LogP contribution in [-0.4, -0.2) is 54.3 Å². The Morgan fingerprint density at radius 2 is 1.10 bits per heavy atom. The van der Waals surface area contributed by atoms with Gasteiger partial charge in [0.15, 0.2) is 0 Å². The lowest BCUT2D eigenvalue weighted by molar-refractivity contribution is -0.151. The average molecular weight is 708 g/mol. The Morgan fingerprint density at radius 3 is 1.66 bits per heavy atom. The van der Waals surface area contributed by atoms with Crippen LogP contribution >= 0.6 is 0 Å². The second-order valence-corrected chi connectivity index (χ2v) is 16.3. The fourth-order valence-electron chi connectivity index (χ4n) is 7.07. The van der Waals surface area contributed by atoms with Crippen molar-refractivity contribution in [3.05, 3.63) is 0 Å². The molecule has 7 heteroatoms. The quantitative estimate of drug-likeness (QED) is 0.0420. The Kier molecular flexibility index (Phi) is 27.5. The van der Waals surface area contributed by atoms with Crippen molar-refractivity contribution < 1.29 is 28.6 Å². The highest BCUT2D eigenvalue weighted by atomic mass is 16.6. The van der Waals surface area contributed by atoms with Gasteiger partial charge in [0.2, 0.25) is 0 Å². The molecule has 0 radical (unpaired) electrons. The standard InChI is InChI=1S/C43H81NO6/c1-7-10-13-15-16-19-23-28-39(49-41(46)36-38-30-32-44(33-31-38)42(47)50-43(4,5)6)29-24-20-17-18-21-25-34-48-40(45)35-37(26-12-9-3)27-22-14-11-8-2/h37-39H,7-36H2,1-6H3. The first-order valence-corrected chi connectivity index (χ1v) is 21.4. The molecule has 294 valence electrons. The van der Waals surface area contributed by atoms with Crippen LogP contribution in [0.1, 0.15) is 215 Å². The van der Waals surface area contributed by atoms with E-state index in [1.807, 2.05) is 20.8 Å². The van der Waals surface area contributed by atoms with E-state index in [1.54, 1.807) is 4.90 Å². The van der Waals surface area contributed by atoms with Gasteiger partial charge < -0.3 is 19.1 Å². The summed E-state index contributed by atoms with van der Waals surface area (Å²) in [6, 6.07) is 0. The van der Waals surface area contributed by atoms with Crippen molar-refractivity contribution in [3.8, 4) is 0 Å². The van der Waals surface area contributed by atoms with Gasteiger partial charge in [-0.3, -0.25) is 9.59 Å². The minimum Gasteiger partial charge on any atom is -0.466 e. The van der Waals surface area contributed by atoms with Crippen molar-refractivity contribution in [1.82, 2.24) is 4.90 Å². The second-order valence-electron chi connectivity index (χ2n) is 16.3. The second kappa shape index (κ2) is 29.8. The van der Waals surface area contributed by atoms with E-state index in [1.165, 1.54) is 83.5 Å².